The highest BCUT2D eigenvalue weighted by atomic mass is 79.9. The fourth-order valence-electron chi connectivity index (χ4n) is 4.03. The molecule has 2 aromatic rings. The first-order chi connectivity index (χ1) is 14.0. The van der Waals surface area contributed by atoms with E-state index in [1.165, 1.54) is 19.3 Å². The molecule has 1 aromatic heterocycles. The molecule has 0 bridgehead atoms. The van der Waals surface area contributed by atoms with Crippen molar-refractivity contribution in [3.8, 4) is 0 Å². The molecule has 0 amide bonds. The van der Waals surface area contributed by atoms with Gasteiger partial charge in [0.1, 0.15) is 0 Å². The minimum absolute atomic E-state index is 0.313. The Morgan fingerprint density at radius 1 is 0.931 bits per heavy atom. The first-order valence-corrected chi connectivity index (χ1v) is 12.3. The van der Waals surface area contributed by atoms with E-state index in [0.717, 1.165) is 18.2 Å². The average Bonchev–Trinajstić information content (AvgIpc) is 2.74. The number of hydrogen-bond acceptors (Lipinski definition) is 6. The number of hydrogen-bond donors (Lipinski definition) is 0. The molecule has 156 valence electrons. The molecule has 1 unspecified atom stereocenters. The van der Waals surface area contributed by atoms with Crippen molar-refractivity contribution in [2.45, 2.75) is 37.1 Å². The van der Waals surface area contributed by atoms with Crippen LogP contribution in [0.3, 0.4) is 0 Å². The SMILES string of the molecule is CC1CCCCN1c1ccc(N2CCN(S(=O)(=O)c3ccccc3Br)CC2)nn1. The number of halogens is 1. The molecule has 0 aliphatic carbocycles. The molecular weight excluding hydrogens is 454 g/mol. The Balaban J connectivity index is 1.41. The molecule has 0 saturated carbocycles. The summed E-state index contributed by atoms with van der Waals surface area (Å²) >= 11 is 3.35. The van der Waals surface area contributed by atoms with Crippen molar-refractivity contribution >= 4 is 37.6 Å². The molecule has 1 atom stereocenters. The van der Waals surface area contributed by atoms with Crippen molar-refractivity contribution < 1.29 is 8.42 Å². The summed E-state index contributed by atoms with van der Waals surface area (Å²) in [6.07, 6.45) is 3.66. The van der Waals surface area contributed by atoms with Gasteiger partial charge in [-0.25, -0.2) is 8.42 Å². The number of nitrogens with zero attached hydrogens (tertiary/aromatic N) is 5. The molecule has 2 aliphatic rings. The third kappa shape index (κ3) is 4.27. The van der Waals surface area contributed by atoms with Gasteiger partial charge in [-0.05, 0) is 66.4 Å². The number of sulfonamides is 1. The minimum Gasteiger partial charge on any atom is -0.352 e. The second-order valence-electron chi connectivity index (χ2n) is 7.61. The number of anilines is 2. The fourth-order valence-corrected chi connectivity index (χ4v) is 6.41. The van der Waals surface area contributed by atoms with Gasteiger partial charge in [0.25, 0.3) is 0 Å². The van der Waals surface area contributed by atoms with Gasteiger partial charge in [0.2, 0.25) is 10.0 Å². The maximum Gasteiger partial charge on any atom is 0.244 e. The molecule has 4 rings (SSSR count). The standard InChI is InChI=1S/C20H26BrN5O2S/c1-16-6-4-5-11-26(16)20-10-9-19(22-23-20)24-12-14-25(15-13-24)29(27,28)18-8-3-2-7-17(18)21/h2-3,7-10,16H,4-6,11-15H2,1H3. The summed E-state index contributed by atoms with van der Waals surface area (Å²) in [4.78, 5) is 4.73. The minimum atomic E-state index is -3.51. The molecule has 1 aromatic carbocycles. The van der Waals surface area contributed by atoms with Gasteiger partial charge in [-0.3, -0.25) is 0 Å². The van der Waals surface area contributed by atoms with Gasteiger partial charge in [-0.1, -0.05) is 12.1 Å². The van der Waals surface area contributed by atoms with Gasteiger partial charge in [-0.2, -0.15) is 4.31 Å². The van der Waals surface area contributed by atoms with E-state index in [4.69, 9.17) is 0 Å². The lowest BCUT2D eigenvalue weighted by Crippen LogP contribution is -2.49. The third-order valence-electron chi connectivity index (χ3n) is 5.75. The zero-order valence-corrected chi connectivity index (χ0v) is 18.9. The second-order valence-corrected chi connectivity index (χ2v) is 10.4. The quantitative estimate of drug-likeness (QED) is 0.670. The Kier molecular flexibility index (Phi) is 6.08. The zero-order chi connectivity index (χ0) is 20.4. The maximum atomic E-state index is 12.9. The Morgan fingerprint density at radius 3 is 2.28 bits per heavy atom. The summed E-state index contributed by atoms with van der Waals surface area (Å²) < 4.78 is 28.0. The number of aromatic nitrogens is 2. The first kappa shape index (κ1) is 20.6. The topological polar surface area (TPSA) is 69.6 Å². The lowest BCUT2D eigenvalue weighted by Gasteiger charge is -2.36. The molecule has 2 saturated heterocycles. The maximum absolute atomic E-state index is 12.9. The summed E-state index contributed by atoms with van der Waals surface area (Å²) in [6, 6.07) is 11.5. The van der Waals surface area contributed by atoms with Gasteiger partial charge in [-0.15, -0.1) is 10.2 Å². The number of rotatable bonds is 4. The molecule has 0 spiro atoms. The predicted octanol–water partition coefficient (Wildman–Crippen LogP) is 3.13. The van der Waals surface area contributed by atoms with Crippen LogP contribution in [0.1, 0.15) is 26.2 Å². The largest absolute Gasteiger partial charge is 0.352 e. The molecular formula is C20H26BrN5O2S. The van der Waals surface area contributed by atoms with Crippen molar-refractivity contribution in [1.82, 2.24) is 14.5 Å². The van der Waals surface area contributed by atoms with Crippen LogP contribution in [0.2, 0.25) is 0 Å². The van der Waals surface area contributed by atoms with Crippen LogP contribution < -0.4 is 9.80 Å². The van der Waals surface area contributed by atoms with Crippen LogP contribution in [-0.4, -0.2) is 61.7 Å². The van der Waals surface area contributed by atoms with Crippen LogP contribution in [0.25, 0.3) is 0 Å². The van der Waals surface area contributed by atoms with Crippen LogP contribution >= 0.6 is 15.9 Å². The molecule has 0 N–H and O–H groups in total. The van der Waals surface area contributed by atoms with Crippen molar-refractivity contribution in [1.29, 1.82) is 0 Å². The Morgan fingerprint density at radius 2 is 1.62 bits per heavy atom. The Hall–Kier alpha value is -1.71. The normalized spacial score (nSPS) is 21.4. The summed E-state index contributed by atoms with van der Waals surface area (Å²) in [6.45, 7) is 5.31. The van der Waals surface area contributed by atoms with Gasteiger partial charge in [0.05, 0.1) is 4.90 Å². The summed E-state index contributed by atoms with van der Waals surface area (Å²) in [5.41, 5.74) is 0. The molecule has 0 radical (unpaired) electrons. The van der Waals surface area contributed by atoms with Crippen LogP contribution in [0.4, 0.5) is 11.6 Å². The number of piperidine rings is 1. The summed E-state index contributed by atoms with van der Waals surface area (Å²) in [7, 11) is -3.51. The van der Waals surface area contributed by atoms with E-state index in [0.29, 0.717) is 41.6 Å². The van der Waals surface area contributed by atoms with E-state index in [1.807, 2.05) is 18.2 Å². The highest BCUT2D eigenvalue weighted by Gasteiger charge is 2.30. The molecule has 3 heterocycles. The molecule has 2 fully saturated rings. The van der Waals surface area contributed by atoms with E-state index in [9.17, 15) is 8.42 Å². The average molecular weight is 480 g/mol. The van der Waals surface area contributed by atoms with E-state index in [-0.39, 0.29) is 0 Å². The van der Waals surface area contributed by atoms with Gasteiger partial charge < -0.3 is 9.80 Å². The molecule has 29 heavy (non-hydrogen) atoms. The highest BCUT2D eigenvalue weighted by molar-refractivity contribution is 9.10. The Bertz CT molecular complexity index is 946. The molecule has 2 aliphatic heterocycles. The monoisotopic (exact) mass is 479 g/mol. The van der Waals surface area contributed by atoms with E-state index < -0.39 is 10.0 Å². The van der Waals surface area contributed by atoms with Gasteiger partial charge >= 0.3 is 0 Å². The van der Waals surface area contributed by atoms with Crippen LogP contribution in [0.5, 0.6) is 0 Å². The smallest absolute Gasteiger partial charge is 0.244 e. The summed E-state index contributed by atoms with van der Waals surface area (Å²) in [5, 5.41) is 8.88. The van der Waals surface area contributed by atoms with E-state index in [1.54, 1.807) is 22.5 Å². The number of benzene rings is 1. The first-order valence-electron chi connectivity index (χ1n) is 10.1. The lowest BCUT2D eigenvalue weighted by molar-refractivity contribution is 0.383. The Labute approximate surface area is 180 Å². The molecule has 7 nitrogen and oxygen atoms in total. The van der Waals surface area contributed by atoms with Gasteiger partial charge in [0.15, 0.2) is 11.6 Å². The predicted molar refractivity (Wildman–Crippen MR) is 118 cm³/mol. The van der Waals surface area contributed by atoms with E-state index >= 15 is 0 Å². The highest BCUT2D eigenvalue weighted by Crippen LogP contribution is 2.27. The van der Waals surface area contributed by atoms with Crippen LogP contribution in [0.15, 0.2) is 45.8 Å². The van der Waals surface area contributed by atoms with Gasteiger partial charge in [0, 0.05) is 43.2 Å². The third-order valence-corrected chi connectivity index (χ3v) is 8.66. The number of piperazine rings is 1. The van der Waals surface area contributed by atoms with Crippen molar-refractivity contribution in [2.75, 3.05) is 42.5 Å². The van der Waals surface area contributed by atoms with Crippen molar-refractivity contribution in [2.24, 2.45) is 0 Å². The van der Waals surface area contributed by atoms with Crippen molar-refractivity contribution in [3.63, 3.8) is 0 Å². The van der Waals surface area contributed by atoms with Crippen LogP contribution in [0, 0.1) is 0 Å². The molecule has 9 heteroatoms. The lowest BCUT2D eigenvalue weighted by atomic mass is 10.0. The van der Waals surface area contributed by atoms with Crippen LogP contribution in [-0.2, 0) is 10.0 Å². The van der Waals surface area contributed by atoms with E-state index in [2.05, 4.69) is 42.9 Å². The van der Waals surface area contributed by atoms with Crippen molar-refractivity contribution in [3.05, 3.63) is 40.9 Å². The summed E-state index contributed by atoms with van der Waals surface area (Å²) in [5.74, 6) is 1.73. The zero-order valence-electron chi connectivity index (χ0n) is 16.5. The second kappa shape index (κ2) is 8.57. The fraction of sp³-hybridized carbons (Fsp3) is 0.500.